The summed E-state index contributed by atoms with van der Waals surface area (Å²) in [5.41, 5.74) is 2.21. The molecule has 0 unspecified atom stereocenters. The van der Waals surface area contributed by atoms with Crippen LogP contribution in [0.25, 0.3) is 0 Å². The number of benzene rings is 2. The van der Waals surface area contributed by atoms with Crippen molar-refractivity contribution >= 4 is 17.5 Å². The minimum Gasteiger partial charge on any atom is -0.491 e. The van der Waals surface area contributed by atoms with Crippen LogP contribution in [-0.4, -0.2) is 26.2 Å². The fourth-order valence-electron chi connectivity index (χ4n) is 2.38. The summed E-state index contributed by atoms with van der Waals surface area (Å²) in [7, 11) is 1.64. The lowest BCUT2D eigenvalue weighted by Crippen LogP contribution is -2.22. The number of nitrogens with one attached hydrogen (secondary N) is 1. The summed E-state index contributed by atoms with van der Waals surface area (Å²) in [6.07, 6.45) is 2.19. The molecule has 0 bridgehead atoms. The fraction of sp³-hybridized carbons (Fsp3) is 0.350. The standard InChI is InChI=1S/C20H24ClNO3/c1-24-12-13-25-19-6-2-5-17(14-19)15-22-20(23)7-3-4-16-8-10-18(21)11-9-16/h2,5-6,8-11,14H,3-4,7,12-13,15H2,1H3,(H,22,23). The highest BCUT2D eigenvalue weighted by atomic mass is 35.5. The van der Waals surface area contributed by atoms with Gasteiger partial charge in [-0.25, -0.2) is 0 Å². The molecular formula is C20H24ClNO3. The maximum absolute atomic E-state index is 12.0. The number of hydrogen-bond acceptors (Lipinski definition) is 3. The number of rotatable bonds is 10. The summed E-state index contributed by atoms with van der Waals surface area (Å²) in [5, 5.41) is 3.68. The summed E-state index contributed by atoms with van der Waals surface area (Å²) in [4.78, 5) is 12.0. The molecule has 0 heterocycles. The second-order valence-electron chi connectivity index (χ2n) is 5.75. The third-order valence-corrected chi connectivity index (χ3v) is 3.98. The Morgan fingerprint density at radius 2 is 1.88 bits per heavy atom. The van der Waals surface area contributed by atoms with Crippen LogP contribution >= 0.6 is 11.6 Å². The molecule has 1 amide bonds. The zero-order valence-corrected chi connectivity index (χ0v) is 15.2. The molecule has 2 aromatic rings. The van der Waals surface area contributed by atoms with Crippen molar-refractivity contribution in [3.8, 4) is 5.75 Å². The number of amides is 1. The Balaban J connectivity index is 1.68. The van der Waals surface area contributed by atoms with E-state index in [0.29, 0.717) is 26.2 Å². The van der Waals surface area contributed by atoms with Crippen molar-refractivity contribution < 1.29 is 14.3 Å². The maximum atomic E-state index is 12.0. The molecule has 0 aliphatic rings. The number of carbonyl (C=O) groups excluding carboxylic acids is 1. The highest BCUT2D eigenvalue weighted by Crippen LogP contribution is 2.14. The minimum atomic E-state index is 0.0552. The molecule has 4 nitrogen and oxygen atoms in total. The van der Waals surface area contributed by atoms with Gasteiger partial charge in [-0.2, -0.15) is 0 Å². The van der Waals surface area contributed by atoms with E-state index >= 15 is 0 Å². The molecule has 1 N–H and O–H groups in total. The molecule has 0 atom stereocenters. The van der Waals surface area contributed by atoms with Crippen LogP contribution in [0.4, 0.5) is 0 Å². The maximum Gasteiger partial charge on any atom is 0.220 e. The molecule has 0 saturated heterocycles. The van der Waals surface area contributed by atoms with E-state index in [1.807, 2.05) is 48.5 Å². The van der Waals surface area contributed by atoms with Crippen molar-refractivity contribution in [2.75, 3.05) is 20.3 Å². The van der Waals surface area contributed by atoms with E-state index in [9.17, 15) is 4.79 Å². The van der Waals surface area contributed by atoms with Crippen LogP contribution in [-0.2, 0) is 22.5 Å². The highest BCUT2D eigenvalue weighted by Gasteiger charge is 2.03. The summed E-state index contributed by atoms with van der Waals surface area (Å²) in [6.45, 7) is 1.56. The van der Waals surface area contributed by atoms with Crippen molar-refractivity contribution in [2.45, 2.75) is 25.8 Å². The molecule has 25 heavy (non-hydrogen) atoms. The number of carbonyl (C=O) groups is 1. The third-order valence-electron chi connectivity index (χ3n) is 3.73. The first kappa shape index (κ1) is 19.3. The molecule has 0 fully saturated rings. The van der Waals surface area contributed by atoms with E-state index in [1.165, 1.54) is 5.56 Å². The average Bonchev–Trinajstić information content (AvgIpc) is 2.62. The van der Waals surface area contributed by atoms with E-state index in [0.717, 1.165) is 29.2 Å². The molecule has 0 aromatic heterocycles. The Kier molecular flexibility index (Phi) is 8.29. The van der Waals surface area contributed by atoms with Gasteiger partial charge in [0.2, 0.25) is 5.91 Å². The van der Waals surface area contributed by atoms with Gasteiger partial charge in [0.05, 0.1) is 6.61 Å². The lowest BCUT2D eigenvalue weighted by molar-refractivity contribution is -0.121. The molecular weight excluding hydrogens is 338 g/mol. The van der Waals surface area contributed by atoms with Gasteiger partial charge in [-0.15, -0.1) is 0 Å². The molecule has 0 aliphatic carbocycles. The average molecular weight is 362 g/mol. The first-order valence-electron chi connectivity index (χ1n) is 8.39. The van der Waals surface area contributed by atoms with E-state index in [4.69, 9.17) is 21.1 Å². The monoisotopic (exact) mass is 361 g/mol. The first-order chi connectivity index (χ1) is 12.2. The van der Waals surface area contributed by atoms with Crippen LogP contribution in [0.3, 0.4) is 0 Å². The van der Waals surface area contributed by atoms with Crippen LogP contribution in [0.5, 0.6) is 5.75 Å². The SMILES string of the molecule is COCCOc1cccc(CNC(=O)CCCc2ccc(Cl)cc2)c1. The Bertz CT molecular complexity index is 658. The molecule has 0 aliphatic heterocycles. The largest absolute Gasteiger partial charge is 0.491 e. The van der Waals surface area contributed by atoms with Gasteiger partial charge < -0.3 is 14.8 Å². The van der Waals surface area contributed by atoms with Gasteiger partial charge in [0.25, 0.3) is 0 Å². The molecule has 0 spiro atoms. The lowest BCUT2D eigenvalue weighted by atomic mass is 10.1. The zero-order valence-electron chi connectivity index (χ0n) is 14.5. The van der Waals surface area contributed by atoms with Gasteiger partial charge in [0.15, 0.2) is 0 Å². The molecule has 2 aromatic carbocycles. The van der Waals surface area contributed by atoms with Crippen LogP contribution in [0.15, 0.2) is 48.5 Å². The highest BCUT2D eigenvalue weighted by molar-refractivity contribution is 6.30. The Labute approximate surface area is 154 Å². The number of halogens is 1. The van der Waals surface area contributed by atoms with E-state index in [1.54, 1.807) is 7.11 Å². The number of methoxy groups -OCH3 is 1. The van der Waals surface area contributed by atoms with Gasteiger partial charge >= 0.3 is 0 Å². The predicted octanol–water partition coefficient (Wildman–Crippen LogP) is 4.00. The van der Waals surface area contributed by atoms with E-state index in [2.05, 4.69) is 5.32 Å². The van der Waals surface area contributed by atoms with Crippen molar-refractivity contribution in [2.24, 2.45) is 0 Å². The molecule has 0 saturated carbocycles. The number of aryl methyl sites for hydroxylation is 1. The lowest BCUT2D eigenvalue weighted by Gasteiger charge is -2.09. The smallest absolute Gasteiger partial charge is 0.220 e. The fourth-order valence-corrected chi connectivity index (χ4v) is 2.51. The summed E-state index contributed by atoms with van der Waals surface area (Å²) in [5.74, 6) is 0.839. The quantitative estimate of drug-likeness (QED) is 0.650. The van der Waals surface area contributed by atoms with E-state index in [-0.39, 0.29) is 5.91 Å². The molecule has 5 heteroatoms. The van der Waals surface area contributed by atoms with Gasteiger partial charge in [-0.05, 0) is 48.2 Å². The van der Waals surface area contributed by atoms with Gasteiger partial charge in [0, 0.05) is 25.1 Å². The van der Waals surface area contributed by atoms with Gasteiger partial charge in [-0.3, -0.25) is 4.79 Å². The van der Waals surface area contributed by atoms with Gasteiger partial charge in [-0.1, -0.05) is 35.9 Å². The normalized spacial score (nSPS) is 10.5. The number of hydrogen-bond donors (Lipinski definition) is 1. The van der Waals surface area contributed by atoms with Crippen molar-refractivity contribution in [3.63, 3.8) is 0 Å². The van der Waals surface area contributed by atoms with Crippen molar-refractivity contribution in [1.29, 1.82) is 0 Å². The minimum absolute atomic E-state index is 0.0552. The molecule has 134 valence electrons. The van der Waals surface area contributed by atoms with Crippen LogP contribution < -0.4 is 10.1 Å². The zero-order chi connectivity index (χ0) is 17.9. The topological polar surface area (TPSA) is 47.6 Å². The van der Waals surface area contributed by atoms with Crippen LogP contribution in [0, 0.1) is 0 Å². The second-order valence-corrected chi connectivity index (χ2v) is 6.18. The summed E-state index contributed by atoms with van der Waals surface area (Å²) >= 11 is 5.86. The Morgan fingerprint density at radius 1 is 1.08 bits per heavy atom. The predicted molar refractivity (Wildman–Crippen MR) is 100 cm³/mol. The first-order valence-corrected chi connectivity index (χ1v) is 8.77. The third kappa shape index (κ3) is 7.59. The second kappa shape index (κ2) is 10.7. The number of ether oxygens (including phenoxy) is 2. The Hall–Kier alpha value is -2.04. The van der Waals surface area contributed by atoms with Crippen molar-refractivity contribution in [1.82, 2.24) is 5.32 Å². The van der Waals surface area contributed by atoms with Crippen molar-refractivity contribution in [3.05, 3.63) is 64.7 Å². The van der Waals surface area contributed by atoms with Crippen LogP contribution in [0.1, 0.15) is 24.0 Å². The Morgan fingerprint density at radius 3 is 2.64 bits per heavy atom. The summed E-state index contributed by atoms with van der Waals surface area (Å²) in [6, 6.07) is 15.5. The van der Waals surface area contributed by atoms with E-state index < -0.39 is 0 Å². The molecule has 0 radical (unpaired) electrons. The van der Waals surface area contributed by atoms with Crippen LogP contribution in [0.2, 0.25) is 5.02 Å². The van der Waals surface area contributed by atoms with Gasteiger partial charge in [0.1, 0.15) is 12.4 Å². The molecule has 2 rings (SSSR count). The summed E-state index contributed by atoms with van der Waals surface area (Å²) < 4.78 is 10.5.